The third kappa shape index (κ3) is 1.73. The highest BCUT2D eigenvalue weighted by molar-refractivity contribution is 5.67. The Balaban J connectivity index is 2.32. The van der Waals surface area contributed by atoms with Crippen molar-refractivity contribution in [2.45, 2.75) is 27.3 Å². The van der Waals surface area contributed by atoms with Crippen LogP contribution in [0.1, 0.15) is 25.0 Å². The van der Waals surface area contributed by atoms with E-state index in [0.29, 0.717) is 0 Å². The van der Waals surface area contributed by atoms with Gasteiger partial charge < -0.3 is 16.0 Å². The minimum absolute atomic E-state index is 0.855. The predicted octanol–water partition coefficient (Wildman–Crippen LogP) is 2.69. The standard InChI is InChI=1S/C13H19N3/c1-4-9(2)16-7-11-5-6-12(14)10(3)13(11)15-8-16/h4-6,15H,7-8,14H2,1-3H3/b9-4-. The Bertz CT molecular complexity index is 435. The summed E-state index contributed by atoms with van der Waals surface area (Å²) < 4.78 is 0. The van der Waals surface area contributed by atoms with Gasteiger partial charge in [0.25, 0.3) is 0 Å². The summed E-state index contributed by atoms with van der Waals surface area (Å²) in [5.74, 6) is 0. The van der Waals surface area contributed by atoms with E-state index in [1.165, 1.54) is 16.9 Å². The van der Waals surface area contributed by atoms with Crippen molar-refractivity contribution in [3.8, 4) is 0 Å². The Morgan fingerprint density at radius 1 is 1.50 bits per heavy atom. The largest absolute Gasteiger partial charge is 0.398 e. The second-order valence-corrected chi connectivity index (χ2v) is 4.28. The molecule has 3 heteroatoms. The van der Waals surface area contributed by atoms with Gasteiger partial charge in [-0.2, -0.15) is 0 Å². The van der Waals surface area contributed by atoms with Crippen LogP contribution in [0, 0.1) is 6.92 Å². The number of rotatable bonds is 1. The summed E-state index contributed by atoms with van der Waals surface area (Å²) in [7, 11) is 0. The van der Waals surface area contributed by atoms with Gasteiger partial charge in [-0.15, -0.1) is 0 Å². The van der Waals surface area contributed by atoms with E-state index in [1.807, 2.05) is 6.07 Å². The van der Waals surface area contributed by atoms with Gasteiger partial charge in [0.15, 0.2) is 0 Å². The lowest BCUT2D eigenvalue weighted by molar-refractivity contribution is 0.350. The Morgan fingerprint density at radius 2 is 2.25 bits per heavy atom. The number of fused-ring (bicyclic) bond motifs is 1. The van der Waals surface area contributed by atoms with Crippen LogP contribution in [-0.4, -0.2) is 11.6 Å². The van der Waals surface area contributed by atoms with Gasteiger partial charge in [0.1, 0.15) is 0 Å². The summed E-state index contributed by atoms with van der Waals surface area (Å²) in [5, 5.41) is 3.44. The fourth-order valence-corrected chi connectivity index (χ4v) is 2.03. The van der Waals surface area contributed by atoms with E-state index < -0.39 is 0 Å². The lowest BCUT2D eigenvalue weighted by Gasteiger charge is -2.33. The molecule has 1 heterocycles. The van der Waals surface area contributed by atoms with Gasteiger partial charge >= 0.3 is 0 Å². The molecule has 2 rings (SSSR count). The highest BCUT2D eigenvalue weighted by Crippen LogP contribution is 2.30. The van der Waals surface area contributed by atoms with Crippen molar-refractivity contribution in [3.05, 3.63) is 35.0 Å². The van der Waals surface area contributed by atoms with Crippen LogP contribution in [-0.2, 0) is 6.54 Å². The molecule has 86 valence electrons. The Hall–Kier alpha value is -1.64. The van der Waals surface area contributed by atoms with E-state index in [2.05, 4.69) is 43.1 Å². The van der Waals surface area contributed by atoms with Gasteiger partial charge in [-0.25, -0.2) is 0 Å². The average molecular weight is 217 g/mol. The molecule has 0 bridgehead atoms. The Morgan fingerprint density at radius 3 is 2.94 bits per heavy atom. The summed E-state index contributed by atoms with van der Waals surface area (Å²) >= 11 is 0. The van der Waals surface area contributed by atoms with Crippen molar-refractivity contribution in [1.29, 1.82) is 0 Å². The molecule has 0 aliphatic carbocycles. The van der Waals surface area contributed by atoms with Crippen LogP contribution in [0.5, 0.6) is 0 Å². The first-order chi connectivity index (χ1) is 7.63. The molecule has 1 aliphatic rings. The van der Waals surface area contributed by atoms with Crippen LogP contribution in [0.3, 0.4) is 0 Å². The molecule has 3 nitrogen and oxygen atoms in total. The molecule has 0 radical (unpaired) electrons. The monoisotopic (exact) mass is 217 g/mol. The fraction of sp³-hybridized carbons (Fsp3) is 0.385. The lowest BCUT2D eigenvalue weighted by atomic mass is 10.0. The Labute approximate surface area is 96.9 Å². The number of nitrogens with zero attached hydrogens (tertiary/aromatic N) is 1. The molecule has 0 aromatic heterocycles. The number of anilines is 2. The summed E-state index contributed by atoms with van der Waals surface area (Å²) in [5.41, 5.74) is 11.8. The topological polar surface area (TPSA) is 41.3 Å². The molecule has 1 aliphatic heterocycles. The SMILES string of the molecule is C/C=C(/C)N1CNc2c(ccc(N)c2C)C1. The van der Waals surface area contributed by atoms with Crippen LogP contribution in [0.15, 0.2) is 23.9 Å². The van der Waals surface area contributed by atoms with Crippen LogP contribution in [0.4, 0.5) is 11.4 Å². The number of hydrogen-bond donors (Lipinski definition) is 2. The molecule has 0 amide bonds. The van der Waals surface area contributed by atoms with E-state index >= 15 is 0 Å². The van der Waals surface area contributed by atoms with Crippen molar-refractivity contribution >= 4 is 11.4 Å². The number of benzene rings is 1. The zero-order valence-corrected chi connectivity index (χ0v) is 10.2. The first-order valence-electron chi connectivity index (χ1n) is 5.63. The predicted molar refractivity (Wildman–Crippen MR) is 69.1 cm³/mol. The third-order valence-electron chi connectivity index (χ3n) is 3.32. The number of hydrogen-bond acceptors (Lipinski definition) is 3. The maximum absolute atomic E-state index is 5.90. The van der Waals surface area contributed by atoms with Crippen LogP contribution in [0.2, 0.25) is 0 Å². The molecular weight excluding hydrogens is 198 g/mol. The minimum Gasteiger partial charge on any atom is -0.398 e. The molecule has 0 spiro atoms. The number of nitrogens with two attached hydrogens (primary N) is 1. The summed E-state index contributed by atoms with van der Waals surface area (Å²) in [6.07, 6.45) is 2.14. The average Bonchev–Trinajstić information content (AvgIpc) is 2.32. The summed E-state index contributed by atoms with van der Waals surface area (Å²) in [6, 6.07) is 4.10. The first-order valence-corrected chi connectivity index (χ1v) is 5.63. The third-order valence-corrected chi connectivity index (χ3v) is 3.32. The summed E-state index contributed by atoms with van der Waals surface area (Å²) in [4.78, 5) is 2.32. The van der Waals surface area contributed by atoms with Crippen LogP contribution >= 0.6 is 0 Å². The molecule has 0 fully saturated rings. The molecular formula is C13H19N3. The van der Waals surface area contributed by atoms with Gasteiger partial charge in [-0.1, -0.05) is 12.1 Å². The van der Waals surface area contributed by atoms with Crippen molar-refractivity contribution < 1.29 is 0 Å². The molecule has 0 saturated heterocycles. The van der Waals surface area contributed by atoms with Gasteiger partial charge in [0.05, 0.1) is 6.67 Å². The molecule has 16 heavy (non-hydrogen) atoms. The molecule has 1 aromatic rings. The van der Waals surface area contributed by atoms with E-state index in [-0.39, 0.29) is 0 Å². The second-order valence-electron chi connectivity index (χ2n) is 4.28. The van der Waals surface area contributed by atoms with Gasteiger partial charge in [-0.05, 0) is 38.0 Å². The molecule has 3 N–H and O–H groups in total. The van der Waals surface area contributed by atoms with Crippen molar-refractivity contribution in [2.24, 2.45) is 0 Å². The van der Waals surface area contributed by atoms with Crippen molar-refractivity contribution in [3.63, 3.8) is 0 Å². The zero-order valence-electron chi connectivity index (χ0n) is 10.2. The number of allylic oxidation sites excluding steroid dienone is 2. The number of nitrogen functional groups attached to an aromatic ring is 1. The highest BCUT2D eigenvalue weighted by atomic mass is 15.2. The highest BCUT2D eigenvalue weighted by Gasteiger charge is 2.17. The van der Waals surface area contributed by atoms with Gasteiger partial charge in [0.2, 0.25) is 0 Å². The zero-order chi connectivity index (χ0) is 11.7. The van der Waals surface area contributed by atoms with Crippen molar-refractivity contribution in [1.82, 2.24) is 4.90 Å². The molecule has 0 unspecified atom stereocenters. The molecule has 0 saturated carbocycles. The fourth-order valence-electron chi connectivity index (χ4n) is 2.03. The second kappa shape index (κ2) is 4.08. The molecule has 0 atom stereocenters. The quantitative estimate of drug-likeness (QED) is 0.711. The first kappa shape index (κ1) is 10.9. The van der Waals surface area contributed by atoms with E-state index in [9.17, 15) is 0 Å². The maximum Gasteiger partial charge on any atom is 0.0876 e. The minimum atomic E-state index is 0.855. The van der Waals surface area contributed by atoms with E-state index in [1.54, 1.807) is 0 Å². The normalized spacial score (nSPS) is 15.7. The van der Waals surface area contributed by atoms with Crippen LogP contribution in [0.25, 0.3) is 0 Å². The Kier molecular flexibility index (Phi) is 2.77. The number of nitrogens with one attached hydrogen (secondary N) is 1. The van der Waals surface area contributed by atoms with E-state index in [4.69, 9.17) is 5.73 Å². The van der Waals surface area contributed by atoms with Crippen molar-refractivity contribution in [2.75, 3.05) is 17.7 Å². The lowest BCUT2D eigenvalue weighted by Crippen LogP contribution is -2.32. The van der Waals surface area contributed by atoms with Gasteiger partial charge in [-0.3, -0.25) is 0 Å². The maximum atomic E-state index is 5.90. The summed E-state index contributed by atoms with van der Waals surface area (Å²) in [6.45, 7) is 8.09. The van der Waals surface area contributed by atoms with E-state index in [0.717, 1.165) is 24.5 Å². The smallest absolute Gasteiger partial charge is 0.0876 e. The van der Waals surface area contributed by atoms with Gasteiger partial charge in [0, 0.05) is 23.6 Å². The van der Waals surface area contributed by atoms with Crippen LogP contribution < -0.4 is 11.1 Å². The molecule has 1 aromatic carbocycles.